The molecule has 2 unspecified atom stereocenters. The Kier molecular flexibility index (Phi) is 7.67. The molecule has 2 aromatic heterocycles. The SMILES string of the molecule is C1=C(p2cc3ccccc3c2)[CH]([Hf+2][CH]2C(p3cc4ccccc4c3)=Cc3ccccc32)c2ccccc21.[Cl-].[Cl-]. The van der Waals surface area contributed by atoms with Crippen LogP contribution in [0.1, 0.15) is 29.6 Å². The van der Waals surface area contributed by atoms with Crippen LogP contribution in [0, 0.1) is 0 Å². The van der Waals surface area contributed by atoms with Gasteiger partial charge in [0.05, 0.1) is 0 Å². The predicted octanol–water partition coefficient (Wildman–Crippen LogP) is 4.86. The van der Waals surface area contributed by atoms with Crippen molar-refractivity contribution in [3.63, 3.8) is 0 Å². The molecule has 6 aromatic rings. The fraction of sp³-hybridized carbons (Fsp3) is 0.0588. The van der Waals surface area contributed by atoms with Gasteiger partial charge in [-0.25, -0.2) is 0 Å². The molecule has 0 fully saturated rings. The first-order chi connectivity index (χ1) is 18.3. The minimum Gasteiger partial charge on any atom is -1.00 e. The molecule has 2 aliphatic rings. The van der Waals surface area contributed by atoms with Gasteiger partial charge in [0.2, 0.25) is 0 Å². The van der Waals surface area contributed by atoms with Crippen molar-refractivity contribution < 1.29 is 47.7 Å². The van der Waals surface area contributed by atoms with Crippen molar-refractivity contribution in [2.75, 3.05) is 0 Å². The average Bonchev–Trinajstić information content (AvgIpc) is 3.71. The Morgan fingerprint density at radius 3 is 1.15 bits per heavy atom. The third kappa shape index (κ3) is 4.68. The fourth-order valence-corrected chi connectivity index (χ4v) is 21.0. The Balaban J connectivity index is 0.00000138. The standard InChI is InChI=1S/2C17H12P.2ClH.Hf/c2*1-2-6-14-10-17(9-13(14)5-1)18-11-15-7-3-4-8-16(15)12-18;;;/h2*1-12H;2*1H;/q;;;;+2/p-2. The summed E-state index contributed by atoms with van der Waals surface area (Å²) in [6.45, 7) is 0. The summed E-state index contributed by atoms with van der Waals surface area (Å²) < 4.78 is 1.28. The second-order valence-corrected chi connectivity index (χ2v) is 19.1. The van der Waals surface area contributed by atoms with E-state index in [0.29, 0.717) is 7.35 Å². The van der Waals surface area contributed by atoms with Crippen molar-refractivity contribution in [1.82, 2.24) is 0 Å². The molecule has 0 amide bonds. The molecule has 0 bridgehead atoms. The number of hydrogen-bond donors (Lipinski definition) is 0. The molecule has 2 aliphatic carbocycles. The molecule has 8 rings (SSSR count). The van der Waals surface area contributed by atoms with E-state index >= 15 is 0 Å². The number of hydrogen-bond acceptors (Lipinski definition) is 0. The van der Waals surface area contributed by atoms with Crippen LogP contribution in [0.5, 0.6) is 0 Å². The van der Waals surface area contributed by atoms with Gasteiger partial charge in [-0.1, -0.05) is 0 Å². The number of benzene rings is 4. The van der Waals surface area contributed by atoms with E-state index in [1.807, 2.05) is 0 Å². The fourth-order valence-electron chi connectivity index (χ4n) is 6.04. The van der Waals surface area contributed by atoms with Gasteiger partial charge in [-0.2, -0.15) is 0 Å². The first-order valence-corrected chi connectivity index (χ1v) is 19.9. The molecule has 0 radical (unpaired) electrons. The van der Waals surface area contributed by atoms with Crippen molar-refractivity contribution >= 4 is 59.4 Å². The number of halogens is 2. The molecule has 2 atom stereocenters. The first-order valence-electron chi connectivity index (χ1n) is 12.8. The largest absolute Gasteiger partial charge is 1.00 e. The van der Waals surface area contributed by atoms with Crippen LogP contribution in [-0.4, -0.2) is 0 Å². The normalized spacial score (nSPS) is 17.0. The van der Waals surface area contributed by atoms with E-state index in [1.54, 1.807) is 21.8 Å². The zero-order chi connectivity index (χ0) is 24.3. The Morgan fingerprint density at radius 1 is 0.436 bits per heavy atom. The van der Waals surface area contributed by atoms with Gasteiger partial charge < -0.3 is 24.8 Å². The van der Waals surface area contributed by atoms with E-state index in [0.717, 1.165) is 0 Å². The Labute approximate surface area is 255 Å². The molecule has 39 heavy (non-hydrogen) atoms. The molecule has 0 spiro atoms. The number of rotatable bonds is 4. The van der Waals surface area contributed by atoms with Crippen LogP contribution in [0.25, 0.3) is 44.3 Å². The quantitative estimate of drug-likeness (QED) is 0.227. The Morgan fingerprint density at radius 2 is 0.769 bits per heavy atom. The van der Waals surface area contributed by atoms with E-state index in [4.69, 9.17) is 0 Å². The van der Waals surface area contributed by atoms with Crippen molar-refractivity contribution in [2.24, 2.45) is 0 Å². The van der Waals surface area contributed by atoms with Crippen LogP contribution in [0.3, 0.4) is 0 Å². The topological polar surface area (TPSA) is 0 Å². The average molecular weight is 744 g/mol. The summed E-state index contributed by atoms with van der Waals surface area (Å²) in [4.78, 5) is 0. The van der Waals surface area contributed by atoms with Crippen LogP contribution in [0.15, 0.2) is 120 Å². The maximum Gasteiger partial charge on any atom is -1.00 e. The van der Waals surface area contributed by atoms with E-state index in [-0.39, 0.29) is 39.9 Å². The molecular formula is C34H24Cl2HfP2. The van der Waals surface area contributed by atoms with Crippen LogP contribution in [0.4, 0.5) is 0 Å². The molecule has 2 heterocycles. The van der Waals surface area contributed by atoms with Crippen molar-refractivity contribution in [3.8, 4) is 0 Å². The molecule has 4 aromatic carbocycles. The van der Waals surface area contributed by atoms with Crippen molar-refractivity contribution in [1.29, 1.82) is 0 Å². The molecule has 0 saturated heterocycles. The molecular weight excluding hydrogens is 720 g/mol. The summed E-state index contributed by atoms with van der Waals surface area (Å²) in [7, 11) is -0.758. The maximum atomic E-state index is 2.57. The molecule has 0 nitrogen and oxygen atoms in total. The summed E-state index contributed by atoms with van der Waals surface area (Å²) >= 11 is -1.25. The summed E-state index contributed by atoms with van der Waals surface area (Å²) in [5.74, 6) is 10.3. The van der Waals surface area contributed by atoms with Gasteiger partial charge in [0, 0.05) is 0 Å². The van der Waals surface area contributed by atoms with Crippen molar-refractivity contribution in [2.45, 2.75) is 7.35 Å². The number of allylic oxidation sites excluding steroid dienone is 2. The molecule has 0 aliphatic heterocycles. The predicted molar refractivity (Wildman–Crippen MR) is 160 cm³/mol. The van der Waals surface area contributed by atoms with E-state index in [9.17, 15) is 0 Å². The number of fused-ring (bicyclic) bond motifs is 4. The smallest absolute Gasteiger partial charge is 1.00 e. The van der Waals surface area contributed by atoms with Gasteiger partial charge in [0.15, 0.2) is 0 Å². The molecule has 0 N–H and O–H groups in total. The van der Waals surface area contributed by atoms with E-state index in [1.165, 1.54) is 32.7 Å². The van der Waals surface area contributed by atoms with Crippen LogP contribution in [0.2, 0.25) is 0 Å². The monoisotopic (exact) mass is 744 g/mol. The second kappa shape index (κ2) is 11.0. The van der Waals surface area contributed by atoms with Crippen LogP contribution >= 0.6 is 15.1 Å². The summed E-state index contributed by atoms with van der Waals surface area (Å²) in [6, 6.07) is 36.3. The molecule has 0 saturated carbocycles. The zero-order valence-corrected chi connectivity index (χ0v) is 27.9. The minimum atomic E-state index is -1.25. The third-order valence-electron chi connectivity index (χ3n) is 7.85. The van der Waals surface area contributed by atoms with Crippen LogP contribution in [-0.2, 0) is 22.9 Å². The van der Waals surface area contributed by atoms with E-state index < -0.39 is 22.9 Å². The summed E-state index contributed by atoms with van der Waals surface area (Å²) in [5, 5.41) is 9.08. The maximum absolute atomic E-state index is 2.57. The molecule has 188 valence electrons. The van der Waals surface area contributed by atoms with Crippen molar-refractivity contribution in [3.05, 3.63) is 143 Å². The summed E-state index contributed by atoms with van der Waals surface area (Å²) in [5.41, 5.74) is 6.12. The van der Waals surface area contributed by atoms with Crippen LogP contribution < -0.4 is 24.8 Å². The Hall–Kier alpha value is -2.11. The van der Waals surface area contributed by atoms with Gasteiger partial charge in [0.1, 0.15) is 0 Å². The summed E-state index contributed by atoms with van der Waals surface area (Å²) in [6.07, 6.45) is 5.13. The molecule has 5 heteroatoms. The Bertz CT molecular complexity index is 1690. The van der Waals surface area contributed by atoms with Gasteiger partial charge >= 0.3 is 232 Å². The second-order valence-electron chi connectivity index (χ2n) is 10.0. The minimum absolute atomic E-state index is 0. The van der Waals surface area contributed by atoms with Gasteiger partial charge in [-0.3, -0.25) is 0 Å². The van der Waals surface area contributed by atoms with Gasteiger partial charge in [0.25, 0.3) is 0 Å². The van der Waals surface area contributed by atoms with Gasteiger partial charge in [-0.05, 0) is 0 Å². The van der Waals surface area contributed by atoms with Gasteiger partial charge in [-0.15, -0.1) is 0 Å². The first kappa shape index (κ1) is 27.1. The third-order valence-corrected chi connectivity index (χ3v) is 20.6. The van der Waals surface area contributed by atoms with E-state index in [2.05, 4.69) is 132 Å². The zero-order valence-electron chi connectivity index (χ0n) is 21.0.